The van der Waals surface area contributed by atoms with Crippen molar-refractivity contribution < 1.29 is 28.6 Å². The van der Waals surface area contributed by atoms with Crippen molar-refractivity contribution in [2.75, 3.05) is 13.2 Å². The Balaban J connectivity index is 4.24. The molecule has 0 radical (unpaired) electrons. The topological polar surface area (TPSA) is 78.9 Å². The van der Waals surface area contributed by atoms with Gasteiger partial charge in [-0.2, -0.15) is 0 Å². The van der Waals surface area contributed by atoms with Gasteiger partial charge in [0.15, 0.2) is 6.10 Å². The summed E-state index contributed by atoms with van der Waals surface area (Å²) in [6, 6.07) is 0. The molecule has 0 aromatic rings. The fraction of sp³-hybridized carbons (Fsp3) is 0.944. The SMILES string of the molecule is CCCCCCCCCCCCCCCCCCCC(=O)O[C@@H](COC(=O)CCCCCCCCCCC)COC(=O)CCCCCCCCCCCCCCCC(C)C. The van der Waals surface area contributed by atoms with E-state index in [0.29, 0.717) is 19.3 Å². The average Bonchev–Trinajstić information content (AvgIpc) is 3.23. The molecule has 0 amide bonds. The molecule has 0 N–H and O–H groups in total. The standard InChI is InChI=1S/C54H104O6/c1-5-7-9-11-13-15-16-17-18-19-20-23-27-31-35-39-43-47-54(57)60-51(48-58-52(55)45-41-37-33-28-14-12-10-8-6-2)49-59-53(56)46-42-38-34-30-26-24-21-22-25-29-32-36-40-44-50(3)4/h50-51H,5-49H2,1-4H3/t51-/m0/s1. The van der Waals surface area contributed by atoms with Crippen LogP contribution >= 0.6 is 0 Å². The van der Waals surface area contributed by atoms with Crippen molar-refractivity contribution in [3.63, 3.8) is 0 Å². The summed E-state index contributed by atoms with van der Waals surface area (Å²) in [5, 5.41) is 0. The van der Waals surface area contributed by atoms with Gasteiger partial charge in [0.1, 0.15) is 13.2 Å². The highest BCUT2D eigenvalue weighted by Gasteiger charge is 2.19. The summed E-state index contributed by atoms with van der Waals surface area (Å²) >= 11 is 0. The predicted molar refractivity (Wildman–Crippen MR) is 257 cm³/mol. The second-order valence-electron chi connectivity index (χ2n) is 19.0. The van der Waals surface area contributed by atoms with E-state index in [1.165, 1.54) is 199 Å². The maximum absolute atomic E-state index is 12.8. The lowest BCUT2D eigenvalue weighted by atomic mass is 10.0. The molecule has 0 aliphatic rings. The lowest BCUT2D eigenvalue weighted by Crippen LogP contribution is -2.30. The van der Waals surface area contributed by atoms with Crippen LogP contribution in [-0.2, 0) is 28.6 Å². The fourth-order valence-corrected chi connectivity index (χ4v) is 8.22. The molecule has 0 saturated heterocycles. The smallest absolute Gasteiger partial charge is 0.306 e. The van der Waals surface area contributed by atoms with Gasteiger partial charge < -0.3 is 14.2 Å². The van der Waals surface area contributed by atoms with Gasteiger partial charge in [0, 0.05) is 19.3 Å². The minimum atomic E-state index is -0.760. The van der Waals surface area contributed by atoms with Crippen LogP contribution < -0.4 is 0 Å². The first-order valence-corrected chi connectivity index (χ1v) is 26.9. The van der Waals surface area contributed by atoms with Crippen molar-refractivity contribution in [1.82, 2.24) is 0 Å². The van der Waals surface area contributed by atoms with Crippen molar-refractivity contribution in [3.05, 3.63) is 0 Å². The molecule has 0 aromatic carbocycles. The number of carbonyl (C=O) groups excluding carboxylic acids is 3. The summed E-state index contributed by atoms with van der Waals surface area (Å²) in [5.74, 6) is -0.00422. The van der Waals surface area contributed by atoms with Gasteiger partial charge >= 0.3 is 17.9 Å². The first kappa shape index (κ1) is 58.4. The predicted octanol–water partition coefficient (Wildman–Crippen LogP) is 17.5. The molecule has 60 heavy (non-hydrogen) atoms. The molecule has 0 bridgehead atoms. The zero-order chi connectivity index (χ0) is 43.8. The summed E-state index contributed by atoms with van der Waals surface area (Å²) in [6.07, 6.45) is 50.9. The highest BCUT2D eigenvalue weighted by molar-refractivity contribution is 5.71. The van der Waals surface area contributed by atoms with Gasteiger partial charge in [0.2, 0.25) is 0 Å². The molecule has 6 nitrogen and oxygen atoms in total. The van der Waals surface area contributed by atoms with Gasteiger partial charge in [0.05, 0.1) is 0 Å². The third kappa shape index (κ3) is 47.5. The van der Waals surface area contributed by atoms with Gasteiger partial charge in [-0.15, -0.1) is 0 Å². The van der Waals surface area contributed by atoms with E-state index in [1.807, 2.05) is 0 Å². The first-order chi connectivity index (χ1) is 29.4. The summed E-state index contributed by atoms with van der Waals surface area (Å²) < 4.78 is 16.8. The Kier molecular flexibility index (Phi) is 47.2. The molecule has 0 aliphatic carbocycles. The van der Waals surface area contributed by atoms with Crippen LogP contribution in [0.1, 0.15) is 304 Å². The molecule has 0 heterocycles. The lowest BCUT2D eigenvalue weighted by Gasteiger charge is -2.18. The van der Waals surface area contributed by atoms with Gasteiger partial charge in [-0.3, -0.25) is 14.4 Å². The van der Waals surface area contributed by atoms with Crippen LogP contribution in [-0.4, -0.2) is 37.2 Å². The summed E-state index contributed by atoms with van der Waals surface area (Å²) in [7, 11) is 0. The van der Waals surface area contributed by atoms with Crippen LogP contribution in [0.4, 0.5) is 0 Å². The second kappa shape index (κ2) is 48.4. The maximum Gasteiger partial charge on any atom is 0.306 e. The number of ether oxygens (including phenoxy) is 3. The monoisotopic (exact) mass is 849 g/mol. The van der Waals surface area contributed by atoms with E-state index in [9.17, 15) is 14.4 Å². The van der Waals surface area contributed by atoms with E-state index in [1.54, 1.807) is 0 Å². The van der Waals surface area contributed by atoms with Gasteiger partial charge in [-0.25, -0.2) is 0 Å². The second-order valence-corrected chi connectivity index (χ2v) is 19.0. The average molecular weight is 849 g/mol. The zero-order valence-corrected chi connectivity index (χ0v) is 40.9. The van der Waals surface area contributed by atoms with Crippen molar-refractivity contribution in [2.24, 2.45) is 5.92 Å². The van der Waals surface area contributed by atoms with E-state index in [0.717, 1.165) is 63.7 Å². The molecular weight excluding hydrogens is 745 g/mol. The normalized spacial score (nSPS) is 11.9. The van der Waals surface area contributed by atoms with Crippen molar-refractivity contribution >= 4 is 17.9 Å². The first-order valence-electron chi connectivity index (χ1n) is 26.9. The minimum absolute atomic E-state index is 0.0626. The zero-order valence-electron chi connectivity index (χ0n) is 40.9. The van der Waals surface area contributed by atoms with E-state index < -0.39 is 6.10 Å². The molecule has 0 aliphatic heterocycles. The maximum atomic E-state index is 12.8. The molecule has 1 atom stereocenters. The molecule has 0 unspecified atom stereocenters. The van der Waals surface area contributed by atoms with Crippen LogP contribution in [0.3, 0.4) is 0 Å². The molecule has 0 aromatic heterocycles. The number of hydrogen-bond donors (Lipinski definition) is 0. The van der Waals surface area contributed by atoms with E-state index in [2.05, 4.69) is 27.7 Å². The van der Waals surface area contributed by atoms with Crippen LogP contribution in [0, 0.1) is 5.92 Å². The number of rotatable bonds is 49. The van der Waals surface area contributed by atoms with Gasteiger partial charge in [0.25, 0.3) is 0 Å². The molecule has 0 saturated carbocycles. The van der Waals surface area contributed by atoms with Crippen LogP contribution in [0.5, 0.6) is 0 Å². The Morgan fingerprint density at radius 1 is 0.317 bits per heavy atom. The van der Waals surface area contributed by atoms with E-state index in [-0.39, 0.29) is 31.1 Å². The Labute approximate surface area is 374 Å². The highest BCUT2D eigenvalue weighted by Crippen LogP contribution is 2.17. The molecule has 0 spiro atoms. The van der Waals surface area contributed by atoms with Crippen LogP contribution in [0.25, 0.3) is 0 Å². The van der Waals surface area contributed by atoms with E-state index >= 15 is 0 Å². The van der Waals surface area contributed by atoms with Gasteiger partial charge in [-0.05, 0) is 25.2 Å². The van der Waals surface area contributed by atoms with Crippen molar-refractivity contribution in [1.29, 1.82) is 0 Å². The third-order valence-electron chi connectivity index (χ3n) is 12.3. The minimum Gasteiger partial charge on any atom is -0.462 e. The van der Waals surface area contributed by atoms with Crippen LogP contribution in [0.15, 0.2) is 0 Å². The lowest BCUT2D eigenvalue weighted by molar-refractivity contribution is -0.167. The highest BCUT2D eigenvalue weighted by atomic mass is 16.6. The molecular formula is C54H104O6. The van der Waals surface area contributed by atoms with E-state index in [4.69, 9.17) is 14.2 Å². The number of esters is 3. The van der Waals surface area contributed by atoms with Gasteiger partial charge in [-0.1, -0.05) is 265 Å². The number of unbranched alkanes of at least 4 members (excludes halogenated alkanes) is 36. The Hall–Kier alpha value is -1.59. The largest absolute Gasteiger partial charge is 0.462 e. The summed E-state index contributed by atoms with van der Waals surface area (Å²) in [5.41, 5.74) is 0. The van der Waals surface area contributed by atoms with Crippen molar-refractivity contribution in [3.8, 4) is 0 Å². The fourth-order valence-electron chi connectivity index (χ4n) is 8.22. The third-order valence-corrected chi connectivity index (χ3v) is 12.3. The molecule has 356 valence electrons. The molecule has 0 rings (SSSR count). The number of carbonyl (C=O) groups is 3. The summed E-state index contributed by atoms with van der Waals surface area (Å²) in [6.45, 7) is 9.03. The van der Waals surface area contributed by atoms with Crippen molar-refractivity contribution in [2.45, 2.75) is 310 Å². The molecule has 6 heteroatoms. The Morgan fingerprint density at radius 3 is 0.817 bits per heavy atom. The Bertz CT molecular complexity index is 903. The number of hydrogen-bond acceptors (Lipinski definition) is 6. The summed E-state index contributed by atoms with van der Waals surface area (Å²) in [4.78, 5) is 37.9. The molecule has 0 fully saturated rings. The van der Waals surface area contributed by atoms with Crippen LogP contribution in [0.2, 0.25) is 0 Å². The Morgan fingerprint density at radius 2 is 0.550 bits per heavy atom. The quantitative estimate of drug-likeness (QED) is 0.0345.